The highest BCUT2D eigenvalue weighted by Gasteiger charge is 2.14. The van der Waals surface area contributed by atoms with Gasteiger partial charge in [0.2, 0.25) is 11.0 Å². The first-order valence-electron chi connectivity index (χ1n) is 6.65. The number of hydrogen-bond donors (Lipinski definition) is 0. The smallest absolute Gasteiger partial charge is 0.284 e. The Morgan fingerprint density at radius 3 is 2.48 bits per heavy atom. The van der Waals surface area contributed by atoms with Gasteiger partial charge in [-0.25, -0.2) is 0 Å². The number of aromatic nitrogens is 2. The lowest BCUT2D eigenvalue weighted by molar-refractivity contribution is -0.110. The number of carbonyl (C=O) groups excluding carboxylic acids is 1. The Bertz CT molecular complexity index is 819. The topological polar surface area (TPSA) is 56.0 Å². The molecule has 0 N–H and O–H groups in total. The Morgan fingerprint density at radius 1 is 1.09 bits per heavy atom. The van der Waals surface area contributed by atoms with E-state index >= 15 is 0 Å². The third-order valence-electron chi connectivity index (χ3n) is 2.96. The van der Waals surface area contributed by atoms with Crippen molar-refractivity contribution in [3.63, 3.8) is 0 Å². The fourth-order valence-corrected chi connectivity index (χ4v) is 2.89. The molecular formula is C16H10BrClN2O2S. The molecule has 0 bridgehead atoms. The van der Waals surface area contributed by atoms with E-state index in [9.17, 15) is 4.79 Å². The molecule has 0 aliphatic carbocycles. The Kier molecular flexibility index (Phi) is 5.15. The molecule has 3 rings (SSSR count). The van der Waals surface area contributed by atoms with Crippen molar-refractivity contribution in [1.29, 1.82) is 0 Å². The van der Waals surface area contributed by atoms with E-state index in [1.54, 1.807) is 12.1 Å². The predicted octanol–water partition coefficient (Wildman–Crippen LogP) is 5.01. The van der Waals surface area contributed by atoms with Crippen LogP contribution in [-0.2, 0) is 11.2 Å². The van der Waals surface area contributed by atoms with Crippen molar-refractivity contribution in [2.75, 3.05) is 0 Å². The second-order valence-electron chi connectivity index (χ2n) is 4.66. The molecule has 116 valence electrons. The molecule has 0 atom stereocenters. The summed E-state index contributed by atoms with van der Waals surface area (Å²) in [5, 5.41) is 8.68. The van der Waals surface area contributed by atoms with Gasteiger partial charge in [0.1, 0.15) is 0 Å². The van der Waals surface area contributed by atoms with Crippen LogP contribution in [0.2, 0.25) is 5.02 Å². The van der Waals surface area contributed by atoms with Gasteiger partial charge in [0.05, 0.1) is 0 Å². The lowest BCUT2D eigenvalue weighted by atomic mass is 10.2. The molecule has 23 heavy (non-hydrogen) atoms. The van der Waals surface area contributed by atoms with Crippen LogP contribution in [0.4, 0.5) is 0 Å². The SMILES string of the molecule is O=C(Cc1ccc(Cl)cc1)Sc1nnc(-c2ccc(Br)cc2)o1. The van der Waals surface area contributed by atoms with E-state index in [0.29, 0.717) is 10.9 Å². The van der Waals surface area contributed by atoms with Crippen LogP contribution in [0.1, 0.15) is 5.56 Å². The first-order valence-corrected chi connectivity index (χ1v) is 8.63. The number of thioether (sulfide) groups is 1. The number of halogens is 2. The maximum Gasteiger partial charge on any atom is 0.284 e. The summed E-state index contributed by atoms with van der Waals surface area (Å²) >= 11 is 10.1. The molecular weight excluding hydrogens is 400 g/mol. The number of rotatable bonds is 4. The monoisotopic (exact) mass is 408 g/mol. The van der Waals surface area contributed by atoms with Gasteiger partial charge in [-0.1, -0.05) is 39.7 Å². The molecule has 0 amide bonds. The van der Waals surface area contributed by atoms with Crippen molar-refractivity contribution in [3.8, 4) is 11.5 Å². The maximum atomic E-state index is 12.1. The standard InChI is InChI=1S/C16H10BrClN2O2S/c17-12-5-3-11(4-6-12)15-19-20-16(22-15)23-14(21)9-10-1-7-13(18)8-2-10/h1-8H,9H2. The number of hydrogen-bond acceptors (Lipinski definition) is 5. The summed E-state index contributed by atoms with van der Waals surface area (Å²) in [6.45, 7) is 0. The van der Waals surface area contributed by atoms with Crippen molar-refractivity contribution < 1.29 is 9.21 Å². The van der Waals surface area contributed by atoms with Gasteiger partial charge in [0, 0.05) is 33.2 Å². The molecule has 2 aromatic carbocycles. The molecule has 0 spiro atoms. The number of carbonyl (C=O) groups is 1. The maximum absolute atomic E-state index is 12.1. The van der Waals surface area contributed by atoms with E-state index in [4.69, 9.17) is 16.0 Å². The molecule has 0 unspecified atom stereocenters. The first-order chi connectivity index (χ1) is 11.1. The highest BCUT2D eigenvalue weighted by atomic mass is 79.9. The number of nitrogens with zero attached hydrogens (tertiary/aromatic N) is 2. The molecule has 7 heteroatoms. The average molecular weight is 410 g/mol. The van der Waals surface area contributed by atoms with Crippen LogP contribution in [-0.4, -0.2) is 15.3 Å². The lowest BCUT2D eigenvalue weighted by Gasteiger charge is -1.98. The summed E-state index contributed by atoms with van der Waals surface area (Å²) in [4.78, 5) is 12.1. The third-order valence-corrected chi connectivity index (χ3v) is 4.45. The average Bonchev–Trinajstić information content (AvgIpc) is 2.98. The number of benzene rings is 2. The molecule has 0 saturated carbocycles. The molecule has 1 heterocycles. The molecule has 0 radical (unpaired) electrons. The summed E-state index contributed by atoms with van der Waals surface area (Å²) in [7, 11) is 0. The van der Waals surface area contributed by atoms with Gasteiger partial charge in [-0.3, -0.25) is 4.79 Å². The van der Waals surface area contributed by atoms with Crippen molar-refractivity contribution in [2.24, 2.45) is 0 Å². The summed E-state index contributed by atoms with van der Waals surface area (Å²) in [6.07, 6.45) is 0.276. The lowest BCUT2D eigenvalue weighted by Crippen LogP contribution is -1.97. The largest absolute Gasteiger partial charge is 0.411 e. The molecule has 0 fully saturated rings. The van der Waals surface area contributed by atoms with Crippen molar-refractivity contribution in [2.45, 2.75) is 11.6 Å². The van der Waals surface area contributed by atoms with Crippen LogP contribution < -0.4 is 0 Å². The van der Waals surface area contributed by atoms with Crippen molar-refractivity contribution in [3.05, 3.63) is 63.6 Å². The summed E-state index contributed by atoms with van der Waals surface area (Å²) in [5.74, 6) is 0.388. The minimum atomic E-state index is -0.0710. The molecule has 3 aromatic rings. The van der Waals surface area contributed by atoms with Gasteiger partial charge in [-0.2, -0.15) is 0 Å². The van der Waals surface area contributed by atoms with E-state index in [-0.39, 0.29) is 16.8 Å². The Morgan fingerprint density at radius 2 is 1.78 bits per heavy atom. The second kappa shape index (κ2) is 7.29. The van der Waals surface area contributed by atoms with Crippen LogP contribution >= 0.6 is 39.3 Å². The van der Waals surface area contributed by atoms with Gasteiger partial charge >= 0.3 is 0 Å². The van der Waals surface area contributed by atoms with E-state index in [0.717, 1.165) is 27.4 Å². The van der Waals surface area contributed by atoms with Crippen LogP contribution in [0.5, 0.6) is 0 Å². The zero-order valence-electron chi connectivity index (χ0n) is 11.7. The van der Waals surface area contributed by atoms with E-state index in [1.165, 1.54) is 0 Å². The quantitative estimate of drug-likeness (QED) is 0.567. The molecule has 4 nitrogen and oxygen atoms in total. The minimum Gasteiger partial charge on any atom is -0.411 e. The summed E-state index contributed by atoms with van der Waals surface area (Å²) in [6, 6.07) is 14.7. The molecule has 0 aliphatic heterocycles. The fourth-order valence-electron chi connectivity index (χ4n) is 1.86. The van der Waals surface area contributed by atoms with Crippen molar-refractivity contribution in [1.82, 2.24) is 10.2 Å². The fraction of sp³-hybridized carbons (Fsp3) is 0.0625. The normalized spacial score (nSPS) is 10.7. The van der Waals surface area contributed by atoms with Crippen LogP contribution in [0, 0.1) is 0 Å². The Labute approximate surface area is 150 Å². The molecule has 0 aliphatic rings. The van der Waals surface area contributed by atoms with Gasteiger partial charge in [-0.05, 0) is 42.0 Å². The van der Waals surface area contributed by atoms with E-state index in [2.05, 4.69) is 26.1 Å². The van der Waals surface area contributed by atoms with Crippen molar-refractivity contribution >= 4 is 44.4 Å². The van der Waals surface area contributed by atoms with E-state index in [1.807, 2.05) is 36.4 Å². The molecule has 0 saturated heterocycles. The van der Waals surface area contributed by atoms with Crippen LogP contribution in [0.3, 0.4) is 0 Å². The Hall–Kier alpha value is -1.63. The van der Waals surface area contributed by atoms with Gasteiger partial charge in [0.15, 0.2) is 0 Å². The first kappa shape index (κ1) is 16.2. The second-order valence-corrected chi connectivity index (χ2v) is 7.02. The Balaban J connectivity index is 1.65. The van der Waals surface area contributed by atoms with Gasteiger partial charge in [0.25, 0.3) is 5.22 Å². The zero-order valence-corrected chi connectivity index (χ0v) is 14.9. The highest BCUT2D eigenvalue weighted by Crippen LogP contribution is 2.25. The van der Waals surface area contributed by atoms with Gasteiger partial charge < -0.3 is 4.42 Å². The van der Waals surface area contributed by atoms with Crippen LogP contribution in [0.15, 0.2) is 62.6 Å². The van der Waals surface area contributed by atoms with E-state index < -0.39 is 0 Å². The highest BCUT2D eigenvalue weighted by molar-refractivity contribution is 9.10. The minimum absolute atomic E-state index is 0.0710. The van der Waals surface area contributed by atoms with Gasteiger partial charge in [-0.15, -0.1) is 10.2 Å². The van der Waals surface area contributed by atoms with Crippen LogP contribution in [0.25, 0.3) is 11.5 Å². The summed E-state index contributed by atoms with van der Waals surface area (Å²) < 4.78 is 6.49. The summed E-state index contributed by atoms with van der Waals surface area (Å²) in [5.41, 5.74) is 1.69. The molecule has 1 aromatic heterocycles. The predicted molar refractivity (Wildman–Crippen MR) is 93.5 cm³/mol. The third kappa shape index (κ3) is 4.43. The zero-order chi connectivity index (χ0) is 16.2.